The molecule has 1 unspecified atom stereocenters. The molecule has 5 heteroatoms. The Morgan fingerprint density at radius 3 is 2.80 bits per heavy atom. The number of aliphatic carboxylic acids is 1. The lowest BCUT2D eigenvalue weighted by atomic mass is 10.1. The molecular weight excluding hydrogens is 258 g/mol. The molecule has 2 N–H and O–H groups in total. The molecule has 1 heterocycles. The zero-order valence-electron chi connectivity index (χ0n) is 11.3. The first kappa shape index (κ1) is 14.1. The lowest BCUT2D eigenvalue weighted by molar-refractivity contribution is -0.141. The van der Waals surface area contributed by atoms with Crippen LogP contribution in [0.5, 0.6) is 0 Å². The molecule has 2 rings (SSSR count). The Bertz CT molecular complexity index is 617. The van der Waals surface area contributed by atoms with E-state index in [2.05, 4.69) is 5.32 Å². The molecule has 0 fully saturated rings. The summed E-state index contributed by atoms with van der Waals surface area (Å²) in [5, 5.41) is 12.4. The van der Waals surface area contributed by atoms with Crippen molar-refractivity contribution in [2.45, 2.75) is 32.2 Å². The van der Waals surface area contributed by atoms with Gasteiger partial charge in [0.2, 0.25) is 5.91 Å². The number of nitrogens with one attached hydrogen (secondary N) is 1. The Kier molecular flexibility index (Phi) is 4.40. The number of para-hydroxylation sites is 1. The van der Waals surface area contributed by atoms with Gasteiger partial charge in [0.15, 0.2) is 0 Å². The quantitative estimate of drug-likeness (QED) is 0.848. The van der Waals surface area contributed by atoms with Gasteiger partial charge in [-0.05, 0) is 12.5 Å². The number of benzene rings is 1. The molecule has 0 aliphatic heterocycles. The van der Waals surface area contributed by atoms with E-state index in [1.54, 1.807) is 6.26 Å². The number of carbonyl (C=O) groups is 2. The van der Waals surface area contributed by atoms with Crippen LogP contribution in [-0.4, -0.2) is 23.0 Å². The van der Waals surface area contributed by atoms with Crippen LogP contribution in [0.3, 0.4) is 0 Å². The first-order valence-electron chi connectivity index (χ1n) is 6.59. The molecule has 1 aromatic heterocycles. The highest BCUT2D eigenvalue weighted by Gasteiger charge is 2.19. The SMILES string of the molecule is CCCC(NC(=O)Cc1coc2ccccc12)C(=O)O. The average Bonchev–Trinajstić information content (AvgIpc) is 2.81. The first-order chi connectivity index (χ1) is 9.61. The van der Waals surface area contributed by atoms with E-state index in [0.717, 1.165) is 16.5 Å². The predicted octanol–water partition coefficient (Wildman–Crippen LogP) is 2.34. The van der Waals surface area contributed by atoms with Crippen molar-refractivity contribution in [1.82, 2.24) is 5.32 Å². The summed E-state index contributed by atoms with van der Waals surface area (Å²) in [5.41, 5.74) is 1.48. The van der Waals surface area contributed by atoms with Gasteiger partial charge in [-0.25, -0.2) is 4.79 Å². The number of carboxylic acid groups (broad SMARTS) is 1. The van der Waals surface area contributed by atoms with Crippen LogP contribution in [0.25, 0.3) is 11.0 Å². The highest BCUT2D eigenvalue weighted by Crippen LogP contribution is 2.21. The van der Waals surface area contributed by atoms with Gasteiger partial charge in [0.25, 0.3) is 0 Å². The van der Waals surface area contributed by atoms with Gasteiger partial charge in [-0.15, -0.1) is 0 Å². The number of furan rings is 1. The van der Waals surface area contributed by atoms with Crippen LogP contribution < -0.4 is 5.32 Å². The van der Waals surface area contributed by atoms with E-state index in [0.29, 0.717) is 12.8 Å². The number of hydrogen-bond acceptors (Lipinski definition) is 3. The molecule has 0 bridgehead atoms. The largest absolute Gasteiger partial charge is 0.480 e. The number of fused-ring (bicyclic) bond motifs is 1. The molecule has 0 radical (unpaired) electrons. The van der Waals surface area contributed by atoms with Crippen LogP contribution >= 0.6 is 0 Å². The Morgan fingerprint density at radius 2 is 2.10 bits per heavy atom. The van der Waals surface area contributed by atoms with Crippen molar-refractivity contribution in [2.75, 3.05) is 0 Å². The normalized spacial score (nSPS) is 12.2. The van der Waals surface area contributed by atoms with E-state index in [1.165, 1.54) is 0 Å². The van der Waals surface area contributed by atoms with Crippen molar-refractivity contribution >= 4 is 22.8 Å². The third kappa shape index (κ3) is 3.17. The minimum Gasteiger partial charge on any atom is -0.480 e. The zero-order chi connectivity index (χ0) is 14.5. The average molecular weight is 275 g/mol. The molecule has 0 saturated heterocycles. The number of carbonyl (C=O) groups excluding carboxylic acids is 1. The molecule has 5 nitrogen and oxygen atoms in total. The summed E-state index contributed by atoms with van der Waals surface area (Å²) in [6, 6.07) is 6.61. The minimum absolute atomic E-state index is 0.116. The van der Waals surface area contributed by atoms with Crippen molar-refractivity contribution in [3.05, 3.63) is 36.1 Å². The van der Waals surface area contributed by atoms with Crippen LogP contribution in [0.4, 0.5) is 0 Å². The monoisotopic (exact) mass is 275 g/mol. The summed E-state index contributed by atoms with van der Waals surface area (Å²) in [7, 11) is 0. The molecule has 2 aromatic rings. The fourth-order valence-electron chi connectivity index (χ4n) is 2.13. The zero-order valence-corrected chi connectivity index (χ0v) is 11.3. The molecular formula is C15H17NO4. The Balaban J connectivity index is 2.06. The second-order valence-electron chi connectivity index (χ2n) is 4.68. The summed E-state index contributed by atoms with van der Waals surface area (Å²) in [4.78, 5) is 22.9. The maximum Gasteiger partial charge on any atom is 0.326 e. The van der Waals surface area contributed by atoms with E-state index < -0.39 is 12.0 Å². The third-order valence-electron chi connectivity index (χ3n) is 3.12. The molecule has 0 aliphatic carbocycles. The van der Waals surface area contributed by atoms with E-state index in [4.69, 9.17) is 9.52 Å². The standard InChI is InChI=1S/C15H17NO4/c1-2-5-12(15(18)19)16-14(17)8-10-9-20-13-7-4-3-6-11(10)13/h3-4,6-7,9,12H,2,5,8H2,1H3,(H,16,17)(H,18,19). The van der Waals surface area contributed by atoms with Gasteiger partial charge in [-0.3, -0.25) is 4.79 Å². The molecule has 0 aliphatic rings. The molecule has 20 heavy (non-hydrogen) atoms. The van der Waals surface area contributed by atoms with E-state index in [-0.39, 0.29) is 12.3 Å². The van der Waals surface area contributed by atoms with Gasteiger partial charge in [-0.1, -0.05) is 31.5 Å². The van der Waals surface area contributed by atoms with Crippen molar-refractivity contribution in [3.8, 4) is 0 Å². The molecule has 1 amide bonds. The summed E-state index contributed by atoms with van der Waals surface area (Å²) < 4.78 is 5.35. The van der Waals surface area contributed by atoms with Crippen LogP contribution in [0, 0.1) is 0 Å². The van der Waals surface area contributed by atoms with E-state index in [9.17, 15) is 9.59 Å². The van der Waals surface area contributed by atoms with Crippen molar-refractivity contribution in [1.29, 1.82) is 0 Å². The van der Waals surface area contributed by atoms with Crippen molar-refractivity contribution in [3.63, 3.8) is 0 Å². The Hall–Kier alpha value is -2.30. The van der Waals surface area contributed by atoms with Crippen LogP contribution in [0.15, 0.2) is 34.9 Å². The number of carboxylic acids is 1. The fraction of sp³-hybridized carbons (Fsp3) is 0.333. The summed E-state index contributed by atoms with van der Waals surface area (Å²) in [6.45, 7) is 1.88. The first-order valence-corrected chi connectivity index (χ1v) is 6.59. The number of rotatable bonds is 6. The second kappa shape index (κ2) is 6.23. The van der Waals surface area contributed by atoms with E-state index >= 15 is 0 Å². The third-order valence-corrected chi connectivity index (χ3v) is 3.12. The predicted molar refractivity (Wildman–Crippen MR) is 74.4 cm³/mol. The van der Waals surface area contributed by atoms with Gasteiger partial charge in [0.1, 0.15) is 11.6 Å². The lowest BCUT2D eigenvalue weighted by Gasteiger charge is -2.13. The van der Waals surface area contributed by atoms with Crippen molar-refractivity contribution < 1.29 is 19.1 Å². The van der Waals surface area contributed by atoms with Crippen LogP contribution in [0.1, 0.15) is 25.3 Å². The topological polar surface area (TPSA) is 79.5 Å². The molecule has 1 atom stereocenters. The smallest absolute Gasteiger partial charge is 0.326 e. The maximum absolute atomic E-state index is 11.9. The maximum atomic E-state index is 11.9. The van der Waals surface area contributed by atoms with Gasteiger partial charge in [-0.2, -0.15) is 0 Å². The Morgan fingerprint density at radius 1 is 1.35 bits per heavy atom. The Labute approximate surface area is 116 Å². The fourth-order valence-corrected chi connectivity index (χ4v) is 2.13. The van der Waals surface area contributed by atoms with E-state index in [1.807, 2.05) is 31.2 Å². The van der Waals surface area contributed by atoms with Crippen LogP contribution in [0.2, 0.25) is 0 Å². The van der Waals surface area contributed by atoms with Gasteiger partial charge in [0, 0.05) is 10.9 Å². The summed E-state index contributed by atoms with van der Waals surface area (Å²) >= 11 is 0. The van der Waals surface area contributed by atoms with Crippen molar-refractivity contribution in [2.24, 2.45) is 0 Å². The summed E-state index contributed by atoms with van der Waals surface area (Å²) in [5.74, 6) is -1.31. The van der Waals surface area contributed by atoms with Gasteiger partial charge < -0.3 is 14.8 Å². The number of amides is 1. The lowest BCUT2D eigenvalue weighted by Crippen LogP contribution is -2.41. The molecule has 106 valence electrons. The minimum atomic E-state index is -1.00. The highest BCUT2D eigenvalue weighted by molar-refractivity contribution is 5.89. The summed E-state index contributed by atoms with van der Waals surface area (Å²) in [6.07, 6.45) is 2.78. The second-order valence-corrected chi connectivity index (χ2v) is 4.68. The van der Waals surface area contributed by atoms with Gasteiger partial charge >= 0.3 is 5.97 Å². The van der Waals surface area contributed by atoms with Gasteiger partial charge in [0.05, 0.1) is 12.7 Å². The molecule has 1 aromatic carbocycles. The highest BCUT2D eigenvalue weighted by atomic mass is 16.4. The van der Waals surface area contributed by atoms with Crippen LogP contribution in [-0.2, 0) is 16.0 Å². The number of hydrogen-bond donors (Lipinski definition) is 2. The molecule has 0 saturated carbocycles. The molecule has 0 spiro atoms.